The predicted octanol–water partition coefficient (Wildman–Crippen LogP) is 11.1. The van der Waals surface area contributed by atoms with Gasteiger partial charge in [0.1, 0.15) is 17.0 Å². The average molecular weight is 660 g/mol. The second-order valence-electron chi connectivity index (χ2n) is 14.5. The van der Waals surface area contributed by atoms with E-state index in [4.69, 9.17) is 20.8 Å². The highest BCUT2D eigenvalue weighted by Gasteiger charge is 2.24. The molecule has 1 heterocycles. The molecular formula is C38H50ClN5O3. The van der Waals surface area contributed by atoms with E-state index in [-0.39, 0.29) is 22.8 Å². The van der Waals surface area contributed by atoms with Crippen LogP contribution in [0.5, 0.6) is 5.75 Å². The van der Waals surface area contributed by atoms with Crippen LogP contribution in [0.25, 0.3) is 11.1 Å². The Labute approximate surface area is 285 Å². The second kappa shape index (κ2) is 15.3. The molecule has 0 bridgehead atoms. The van der Waals surface area contributed by atoms with Crippen molar-refractivity contribution in [2.24, 2.45) is 21.1 Å². The lowest BCUT2D eigenvalue weighted by Gasteiger charge is -2.26. The topological polar surface area (TPSA) is 92.3 Å². The van der Waals surface area contributed by atoms with Gasteiger partial charge in [0.15, 0.2) is 11.7 Å². The van der Waals surface area contributed by atoms with Gasteiger partial charge in [-0.15, -0.1) is 5.11 Å². The van der Waals surface area contributed by atoms with Crippen LogP contribution in [-0.4, -0.2) is 30.1 Å². The summed E-state index contributed by atoms with van der Waals surface area (Å²) in [4.78, 5) is 20.5. The lowest BCUT2D eigenvalue weighted by atomic mass is 9.84. The van der Waals surface area contributed by atoms with Crippen LogP contribution in [0.2, 0.25) is 5.02 Å². The summed E-state index contributed by atoms with van der Waals surface area (Å²) in [5.41, 5.74) is 5.73. The molecule has 8 nitrogen and oxygen atoms in total. The highest BCUT2D eigenvalue weighted by Crippen LogP contribution is 2.35. The van der Waals surface area contributed by atoms with Gasteiger partial charge in [0.2, 0.25) is 0 Å². The van der Waals surface area contributed by atoms with Gasteiger partial charge in [-0.3, -0.25) is 4.79 Å². The number of fused-ring (bicyclic) bond motifs is 1. The summed E-state index contributed by atoms with van der Waals surface area (Å²) in [6.07, 6.45) is 2.56. The number of nitrogens with one attached hydrogen (secondary N) is 1. The van der Waals surface area contributed by atoms with Crippen molar-refractivity contribution in [1.82, 2.24) is 4.98 Å². The van der Waals surface area contributed by atoms with E-state index in [1.54, 1.807) is 18.2 Å². The largest absolute Gasteiger partial charge is 0.480 e. The fourth-order valence-corrected chi connectivity index (χ4v) is 5.70. The van der Waals surface area contributed by atoms with Gasteiger partial charge in [-0.2, -0.15) is 4.98 Å². The van der Waals surface area contributed by atoms with Crippen molar-refractivity contribution in [3.8, 4) is 5.75 Å². The van der Waals surface area contributed by atoms with Crippen molar-refractivity contribution in [2.45, 2.75) is 94.1 Å². The SMILES string of the molecule is CCCN(CC)c1ccc(/N=N/c2nc3ccc(Cl)cc3o2)c(NC(=O)C(CC)Oc2ccc(CC(C)(C)C)cc2CC(C)(C)C)c1. The molecule has 1 N–H and O–H groups in total. The Morgan fingerprint density at radius 1 is 0.957 bits per heavy atom. The number of hydrogen-bond acceptors (Lipinski definition) is 7. The zero-order valence-electron chi connectivity index (χ0n) is 29.4. The minimum Gasteiger partial charge on any atom is -0.480 e. The van der Waals surface area contributed by atoms with E-state index < -0.39 is 6.10 Å². The standard InChI is InChI=1S/C38H50ClN5O3/c1-10-19-44(12-3)28-15-17-29(42-43-36-41-30-16-14-27(39)21-34(30)47-36)31(22-28)40-35(45)32(11-2)46-33-18-13-25(23-37(4,5)6)20-26(33)24-38(7,8)9/h13-18,20-22,32H,10-12,19,23-24H2,1-9H3,(H,40,45)/b43-42+. The highest BCUT2D eigenvalue weighted by molar-refractivity contribution is 6.31. The molecule has 0 radical (unpaired) electrons. The van der Waals surface area contributed by atoms with Gasteiger partial charge in [-0.05, 0) is 91.0 Å². The molecule has 0 aliphatic heterocycles. The summed E-state index contributed by atoms with van der Waals surface area (Å²) in [7, 11) is 0. The van der Waals surface area contributed by atoms with Crippen LogP contribution in [0.4, 0.5) is 23.1 Å². The van der Waals surface area contributed by atoms with Crippen LogP contribution in [0.15, 0.2) is 69.2 Å². The molecule has 1 aromatic heterocycles. The Morgan fingerprint density at radius 2 is 1.70 bits per heavy atom. The summed E-state index contributed by atoms with van der Waals surface area (Å²) < 4.78 is 12.2. The molecule has 0 aliphatic rings. The maximum Gasteiger partial charge on any atom is 0.341 e. The number of halogens is 1. The van der Waals surface area contributed by atoms with E-state index in [0.29, 0.717) is 33.9 Å². The van der Waals surface area contributed by atoms with Crippen LogP contribution in [0.1, 0.15) is 86.3 Å². The first-order valence-electron chi connectivity index (χ1n) is 16.6. The molecule has 1 unspecified atom stereocenters. The van der Waals surface area contributed by atoms with Gasteiger partial charge in [-0.25, -0.2) is 0 Å². The highest BCUT2D eigenvalue weighted by atomic mass is 35.5. The van der Waals surface area contributed by atoms with Crippen LogP contribution >= 0.6 is 11.6 Å². The van der Waals surface area contributed by atoms with Gasteiger partial charge in [0.05, 0.1) is 5.69 Å². The number of carbonyl (C=O) groups excluding carboxylic acids is 1. The third-order valence-electron chi connectivity index (χ3n) is 7.57. The maximum absolute atomic E-state index is 13.9. The molecular weight excluding hydrogens is 610 g/mol. The lowest BCUT2D eigenvalue weighted by Crippen LogP contribution is -2.33. The molecule has 9 heteroatoms. The quantitative estimate of drug-likeness (QED) is 0.144. The summed E-state index contributed by atoms with van der Waals surface area (Å²) in [5, 5.41) is 12.4. The molecule has 4 rings (SSSR count). The normalized spacial score (nSPS) is 12.9. The Bertz CT molecular complexity index is 1700. The number of carbonyl (C=O) groups is 1. The Hall–Kier alpha value is -3.91. The molecule has 0 fully saturated rings. The van der Waals surface area contributed by atoms with Crippen molar-refractivity contribution >= 4 is 51.7 Å². The first-order chi connectivity index (χ1) is 22.2. The lowest BCUT2D eigenvalue weighted by molar-refractivity contribution is -0.122. The van der Waals surface area contributed by atoms with Gasteiger partial charge < -0.3 is 19.4 Å². The van der Waals surface area contributed by atoms with E-state index in [2.05, 4.69) is 93.0 Å². The van der Waals surface area contributed by atoms with Crippen molar-refractivity contribution in [1.29, 1.82) is 0 Å². The summed E-state index contributed by atoms with van der Waals surface area (Å²) >= 11 is 6.10. The Balaban J connectivity index is 1.64. The van der Waals surface area contributed by atoms with Crippen LogP contribution in [0.3, 0.4) is 0 Å². The number of ether oxygens (including phenoxy) is 1. The zero-order valence-corrected chi connectivity index (χ0v) is 30.2. The molecule has 1 atom stereocenters. The first-order valence-corrected chi connectivity index (χ1v) is 17.0. The van der Waals surface area contributed by atoms with Gasteiger partial charge in [0, 0.05) is 29.9 Å². The van der Waals surface area contributed by atoms with E-state index in [9.17, 15) is 4.79 Å². The van der Waals surface area contributed by atoms with E-state index >= 15 is 0 Å². The van der Waals surface area contributed by atoms with Gasteiger partial charge in [-0.1, -0.05) is 84.2 Å². The molecule has 0 saturated carbocycles. The smallest absolute Gasteiger partial charge is 0.341 e. The molecule has 3 aromatic carbocycles. The molecule has 47 heavy (non-hydrogen) atoms. The summed E-state index contributed by atoms with van der Waals surface area (Å²) in [5.74, 6) is 0.487. The Morgan fingerprint density at radius 3 is 2.36 bits per heavy atom. The van der Waals surface area contributed by atoms with E-state index in [1.165, 1.54) is 5.56 Å². The number of oxazole rings is 1. The number of benzene rings is 3. The number of nitrogens with zero attached hydrogens (tertiary/aromatic N) is 4. The number of anilines is 2. The Kier molecular flexibility index (Phi) is 11.7. The van der Waals surface area contributed by atoms with Crippen molar-refractivity contribution in [3.05, 3.63) is 70.7 Å². The van der Waals surface area contributed by atoms with Gasteiger partial charge >= 0.3 is 6.01 Å². The maximum atomic E-state index is 13.9. The fraction of sp³-hybridized carbons (Fsp3) is 0.474. The third kappa shape index (κ3) is 10.3. The van der Waals surface area contributed by atoms with Gasteiger partial charge in [0.25, 0.3) is 5.91 Å². The van der Waals surface area contributed by atoms with Crippen LogP contribution in [0, 0.1) is 10.8 Å². The predicted molar refractivity (Wildman–Crippen MR) is 194 cm³/mol. The molecule has 0 aliphatic carbocycles. The summed E-state index contributed by atoms with van der Waals surface area (Å²) in [6, 6.07) is 17.5. The number of rotatable bonds is 13. The van der Waals surface area contributed by atoms with Crippen molar-refractivity contribution in [3.63, 3.8) is 0 Å². The zero-order chi connectivity index (χ0) is 34.4. The van der Waals surface area contributed by atoms with Crippen LogP contribution in [-0.2, 0) is 17.6 Å². The molecule has 1 amide bonds. The molecule has 4 aromatic rings. The fourth-order valence-electron chi connectivity index (χ4n) is 5.54. The van der Waals surface area contributed by atoms with Crippen molar-refractivity contribution in [2.75, 3.05) is 23.3 Å². The first kappa shape index (κ1) is 35.9. The number of azo groups is 1. The number of aromatic nitrogens is 1. The third-order valence-corrected chi connectivity index (χ3v) is 7.81. The summed E-state index contributed by atoms with van der Waals surface area (Å²) in [6.45, 7) is 21.3. The minimum absolute atomic E-state index is 0.0490. The van der Waals surface area contributed by atoms with Crippen LogP contribution < -0.4 is 15.0 Å². The minimum atomic E-state index is -0.713. The second-order valence-corrected chi connectivity index (χ2v) is 14.9. The van der Waals surface area contributed by atoms with E-state index in [0.717, 1.165) is 49.4 Å². The number of amides is 1. The van der Waals surface area contributed by atoms with Crippen molar-refractivity contribution < 1.29 is 13.9 Å². The molecule has 0 saturated heterocycles. The number of hydrogen-bond donors (Lipinski definition) is 1. The van der Waals surface area contributed by atoms with E-state index in [1.807, 2.05) is 31.2 Å². The monoisotopic (exact) mass is 659 g/mol. The average Bonchev–Trinajstić information content (AvgIpc) is 3.39. The molecule has 252 valence electrons. The molecule has 0 spiro atoms.